The fraction of sp³-hybridized carbons (Fsp3) is 0.200. The molecule has 2 heteroatoms. The summed E-state index contributed by atoms with van der Waals surface area (Å²) in [6.45, 7) is 2.98. The number of hydrogen-bond donors (Lipinski definition) is 2. The van der Waals surface area contributed by atoms with Gasteiger partial charge in [0.2, 0.25) is 0 Å². The van der Waals surface area contributed by atoms with Crippen molar-refractivity contribution in [2.24, 2.45) is 0 Å². The van der Waals surface area contributed by atoms with E-state index in [1.807, 2.05) is 24.3 Å². The van der Waals surface area contributed by atoms with Crippen molar-refractivity contribution in [1.29, 1.82) is 0 Å². The van der Waals surface area contributed by atoms with Crippen molar-refractivity contribution in [2.75, 3.05) is 11.1 Å². The van der Waals surface area contributed by atoms with E-state index in [9.17, 15) is 0 Å². The second kappa shape index (κ2) is 5.39. The lowest BCUT2D eigenvalue weighted by atomic mass is 10.1. The van der Waals surface area contributed by atoms with Crippen LogP contribution in [0.15, 0.2) is 48.5 Å². The average Bonchev–Trinajstić information content (AvgIpc) is 2.38. The molecule has 2 aromatic carbocycles. The molecule has 0 heterocycles. The SMILES string of the molecule is CCc1cccc(CNc2ccccc2N)c1. The highest BCUT2D eigenvalue weighted by molar-refractivity contribution is 5.65. The second-order valence-electron chi connectivity index (χ2n) is 4.11. The fourth-order valence-electron chi connectivity index (χ4n) is 1.81. The third-order valence-electron chi connectivity index (χ3n) is 2.84. The van der Waals surface area contributed by atoms with E-state index in [0.29, 0.717) is 0 Å². The minimum atomic E-state index is 0.791. The molecule has 0 atom stereocenters. The topological polar surface area (TPSA) is 38.0 Å². The molecule has 0 unspecified atom stereocenters. The summed E-state index contributed by atoms with van der Waals surface area (Å²) in [5.41, 5.74) is 10.3. The molecule has 0 aliphatic rings. The average molecular weight is 226 g/mol. The van der Waals surface area contributed by atoms with Crippen LogP contribution in [0.2, 0.25) is 0 Å². The highest BCUT2D eigenvalue weighted by atomic mass is 14.9. The highest BCUT2D eigenvalue weighted by Gasteiger charge is 1.98. The Balaban J connectivity index is 2.05. The predicted octanol–water partition coefficient (Wildman–Crippen LogP) is 3.44. The van der Waals surface area contributed by atoms with Crippen LogP contribution < -0.4 is 11.1 Å². The zero-order chi connectivity index (χ0) is 12.1. The van der Waals surface area contributed by atoms with Crippen LogP contribution >= 0.6 is 0 Å². The van der Waals surface area contributed by atoms with Gasteiger partial charge in [-0.3, -0.25) is 0 Å². The van der Waals surface area contributed by atoms with E-state index in [2.05, 4.69) is 36.5 Å². The van der Waals surface area contributed by atoms with Crippen molar-refractivity contribution in [3.63, 3.8) is 0 Å². The predicted molar refractivity (Wildman–Crippen MR) is 74.0 cm³/mol. The number of hydrogen-bond acceptors (Lipinski definition) is 2. The van der Waals surface area contributed by atoms with E-state index in [-0.39, 0.29) is 0 Å². The Morgan fingerprint density at radius 2 is 1.76 bits per heavy atom. The Hall–Kier alpha value is -1.96. The molecule has 0 aliphatic carbocycles. The third-order valence-corrected chi connectivity index (χ3v) is 2.84. The molecule has 0 aliphatic heterocycles. The number of nitrogens with two attached hydrogens (primary N) is 1. The normalized spacial score (nSPS) is 10.2. The first-order chi connectivity index (χ1) is 8.29. The molecule has 0 spiro atoms. The Bertz CT molecular complexity index is 492. The van der Waals surface area contributed by atoms with Crippen LogP contribution in [0.3, 0.4) is 0 Å². The van der Waals surface area contributed by atoms with E-state index >= 15 is 0 Å². The van der Waals surface area contributed by atoms with Crippen molar-refractivity contribution < 1.29 is 0 Å². The van der Waals surface area contributed by atoms with Gasteiger partial charge in [0.05, 0.1) is 11.4 Å². The maximum atomic E-state index is 5.88. The summed E-state index contributed by atoms with van der Waals surface area (Å²) in [6, 6.07) is 16.4. The van der Waals surface area contributed by atoms with E-state index in [1.165, 1.54) is 11.1 Å². The summed E-state index contributed by atoms with van der Waals surface area (Å²) in [7, 11) is 0. The van der Waals surface area contributed by atoms with Crippen LogP contribution in [0.25, 0.3) is 0 Å². The maximum absolute atomic E-state index is 5.88. The van der Waals surface area contributed by atoms with Gasteiger partial charge in [0.15, 0.2) is 0 Å². The van der Waals surface area contributed by atoms with Crippen LogP contribution in [0.4, 0.5) is 11.4 Å². The largest absolute Gasteiger partial charge is 0.397 e. The second-order valence-corrected chi connectivity index (χ2v) is 4.11. The zero-order valence-corrected chi connectivity index (χ0v) is 10.1. The molecule has 0 saturated carbocycles. The number of aryl methyl sites for hydroxylation is 1. The van der Waals surface area contributed by atoms with Gasteiger partial charge in [0.25, 0.3) is 0 Å². The number of para-hydroxylation sites is 2. The van der Waals surface area contributed by atoms with Crippen LogP contribution in [0.1, 0.15) is 18.1 Å². The minimum absolute atomic E-state index is 0.791. The Labute approximate surface area is 102 Å². The summed E-state index contributed by atoms with van der Waals surface area (Å²) < 4.78 is 0. The van der Waals surface area contributed by atoms with Crippen molar-refractivity contribution in [1.82, 2.24) is 0 Å². The van der Waals surface area contributed by atoms with Crippen molar-refractivity contribution in [2.45, 2.75) is 19.9 Å². The molecule has 2 rings (SSSR count). The molecule has 3 N–H and O–H groups in total. The summed E-state index contributed by atoms with van der Waals surface area (Å²) in [6.07, 6.45) is 1.07. The van der Waals surface area contributed by atoms with Gasteiger partial charge in [-0.2, -0.15) is 0 Å². The summed E-state index contributed by atoms with van der Waals surface area (Å²) >= 11 is 0. The maximum Gasteiger partial charge on any atom is 0.0576 e. The molecular weight excluding hydrogens is 208 g/mol. The lowest BCUT2D eigenvalue weighted by Gasteiger charge is -2.09. The molecule has 17 heavy (non-hydrogen) atoms. The monoisotopic (exact) mass is 226 g/mol. The number of nitrogens with one attached hydrogen (secondary N) is 1. The fourth-order valence-corrected chi connectivity index (χ4v) is 1.81. The Morgan fingerprint density at radius 3 is 2.53 bits per heavy atom. The first kappa shape index (κ1) is 11.5. The van der Waals surface area contributed by atoms with E-state index < -0.39 is 0 Å². The molecule has 0 amide bonds. The molecule has 0 radical (unpaired) electrons. The van der Waals surface area contributed by atoms with Gasteiger partial charge < -0.3 is 11.1 Å². The van der Waals surface area contributed by atoms with Crippen LogP contribution in [-0.2, 0) is 13.0 Å². The molecule has 0 bridgehead atoms. The Morgan fingerprint density at radius 1 is 1.00 bits per heavy atom. The molecule has 2 aromatic rings. The van der Waals surface area contributed by atoms with E-state index in [0.717, 1.165) is 24.3 Å². The molecule has 0 fully saturated rings. The van der Waals surface area contributed by atoms with Crippen LogP contribution in [-0.4, -0.2) is 0 Å². The lowest BCUT2D eigenvalue weighted by Crippen LogP contribution is -2.02. The quantitative estimate of drug-likeness (QED) is 0.784. The number of anilines is 2. The van der Waals surface area contributed by atoms with Gasteiger partial charge >= 0.3 is 0 Å². The zero-order valence-electron chi connectivity index (χ0n) is 10.1. The number of nitrogen functional groups attached to an aromatic ring is 1. The van der Waals surface area contributed by atoms with E-state index in [4.69, 9.17) is 5.73 Å². The van der Waals surface area contributed by atoms with Gasteiger partial charge in [-0.25, -0.2) is 0 Å². The molecular formula is C15H18N2. The van der Waals surface area contributed by atoms with Gasteiger partial charge in [-0.05, 0) is 29.7 Å². The standard InChI is InChI=1S/C15H18N2/c1-2-12-6-5-7-13(10-12)11-17-15-9-4-3-8-14(15)16/h3-10,17H,2,11,16H2,1H3. The van der Waals surface area contributed by atoms with Crippen molar-refractivity contribution >= 4 is 11.4 Å². The van der Waals surface area contributed by atoms with Gasteiger partial charge in [-0.1, -0.05) is 43.3 Å². The molecule has 0 aromatic heterocycles. The van der Waals surface area contributed by atoms with Gasteiger partial charge in [0.1, 0.15) is 0 Å². The summed E-state index contributed by atoms with van der Waals surface area (Å²) in [4.78, 5) is 0. The van der Waals surface area contributed by atoms with Crippen LogP contribution in [0, 0.1) is 0 Å². The van der Waals surface area contributed by atoms with Crippen molar-refractivity contribution in [3.8, 4) is 0 Å². The van der Waals surface area contributed by atoms with Crippen molar-refractivity contribution in [3.05, 3.63) is 59.7 Å². The number of benzene rings is 2. The molecule has 0 saturated heterocycles. The highest BCUT2D eigenvalue weighted by Crippen LogP contribution is 2.18. The van der Waals surface area contributed by atoms with Gasteiger partial charge in [0, 0.05) is 6.54 Å². The molecule has 2 nitrogen and oxygen atoms in total. The van der Waals surface area contributed by atoms with E-state index in [1.54, 1.807) is 0 Å². The lowest BCUT2D eigenvalue weighted by molar-refractivity contribution is 1.09. The first-order valence-electron chi connectivity index (χ1n) is 5.96. The summed E-state index contributed by atoms with van der Waals surface area (Å²) in [5, 5.41) is 3.36. The number of rotatable bonds is 4. The smallest absolute Gasteiger partial charge is 0.0576 e. The van der Waals surface area contributed by atoms with Gasteiger partial charge in [-0.15, -0.1) is 0 Å². The minimum Gasteiger partial charge on any atom is -0.397 e. The summed E-state index contributed by atoms with van der Waals surface area (Å²) in [5.74, 6) is 0. The first-order valence-corrected chi connectivity index (χ1v) is 5.96. The van der Waals surface area contributed by atoms with Crippen LogP contribution in [0.5, 0.6) is 0 Å². The Kier molecular flexibility index (Phi) is 3.66. The third kappa shape index (κ3) is 3.00. The molecule has 88 valence electrons.